The van der Waals surface area contributed by atoms with Gasteiger partial charge in [0.2, 0.25) is 0 Å². The molecule has 0 aliphatic carbocycles. The van der Waals surface area contributed by atoms with Crippen molar-refractivity contribution in [1.29, 1.82) is 0 Å². The van der Waals surface area contributed by atoms with E-state index in [4.69, 9.17) is 21.3 Å². The average molecular weight is 559 g/mol. The highest BCUT2D eigenvalue weighted by molar-refractivity contribution is 9.10. The Balaban J connectivity index is 1.59. The van der Waals surface area contributed by atoms with Gasteiger partial charge in [0.1, 0.15) is 12.4 Å². The predicted octanol–water partition coefficient (Wildman–Crippen LogP) is 7.25. The van der Waals surface area contributed by atoms with Gasteiger partial charge in [-0.15, -0.1) is 0 Å². The van der Waals surface area contributed by atoms with Crippen LogP contribution in [0.2, 0.25) is 5.02 Å². The van der Waals surface area contributed by atoms with E-state index in [0.29, 0.717) is 44.1 Å². The normalized spacial score (nSPS) is 11.3. The van der Waals surface area contributed by atoms with Gasteiger partial charge in [-0.2, -0.15) is 9.78 Å². The molecule has 36 heavy (non-hydrogen) atoms. The maximum Gasteiger partial charge on any atom is 0.282 e. The van der Waals surface area contributed by atoms with Crippen LogP contribution in [0, 0.1) is 6.92 Å². The number of nitrogens with zero attached hydrogens (tertiary/aromatic N) is 3. The molecular formula is C29H21BrClN3O2. The molecule has 178 valence electrons. The molecule has 0 saturated heterocycles. The topological polar surface area (TPSA) is 56.5 Å². The number of benzene rings is 4. The third-order valence-electron chi connectivity index (χ3n) is 5.64. The van der Waals surface area contributed by atoms with Gasteiger partial charge in [0.05, 0.1) is 21.6 Å². The van der Waals surface area contributed by atoms with Crippen molar-refractivity contribution in [2.75, 3.05) is 0 Å². The van der Waals surface area contributed by atoms with Crippen molar-refractivity contribution in [3.63, 3.8) is 0 Å². The molecule has 0 aliphatic rings. The Kier molecular flexibility index (Phi) is 6.98. The summed E-state index contributed by atoms with van der Waals surface area (Å²) in [5, 5.41) is 5.57. The van der Waals surface area contributed by atoms with Crippen LogP contribution in [0.25, 0.3) is 22.3 Å². The monoisotopic (exact) mass is 557 g/mol. The van der Waals surface area contributed by atoms with Crippen LogP contribution in [-0.2, 0) is 6.61 Å². The quantitative estimate of drug-likeness (QED) is 0.206. The highest BCUT2D eigenvalue weighted by Gasteiger charge is 2.14. The van der Waals surface area contributed by atoms with Gasteiger partial charge in [0.15, 0.2) is 5.82 Å². The van der Waals surface area contributed by atoms with Crippen LogP contribution in [0.3, 0.4) is 0 Å². The molecule has 5 aromatic rings. The van der Waals surface area contributed by atoms with E-state index >= 15 is 0 Å². The Hall–Kier alpha value is -3.74. The Bertz CT molecular complexity index is 1630. The molecule has 5 rings (SSSR count). The highest BCUT2D eigenvalue weighted by atomic mass is 79.9. The van der Waals surface area contributed by atoms with E-state index in [0.717, 1.165) is 11.1 Å². The fourth-order valence-corrected chi connectivity index (χ4v) is 4.74. The SMILES string of the molecule is Cc1ccc(COc2c(Br)cc(Cl)cc2C=Nn2c(-c3ccccc3)nc3ccccc3c2=O)cc1. The molecule has 0 bridgehead atoms. The summed E-state index contributed by atoms with van der Waals surface area (Å²) in [6.45, 7) is 2.41. The second kappa shape index (κ2) is 10.5. The van der Waals surface area contributed by atoms with E-state index in [1.165, 1.54) is 10.2 Å². The van der Waals surface area contributed by atoms with Crippen LogP contribution in [0.15, 0.2) is 105 Å². The first kappa shape index (κ1) is 24.0. The van der Waals surface area contributed by atoms with Gasteiger partial charge in [-0.1, -0.05) is 83.9 Å². The molecule has 0 radical (unpaired) electrons. The number of ether oxygens (including phenoxy) is 1. The van der Waals surface area contributed by atoms with Crippen molar-refractivity contribution in [3.05, 3.63) is 128 Å². The van der Waals surface area contributed by atoms with Crippen molar-refractivity contribution in [2.24, 2.45) is 5.10 Å². The van der Waals surface area contributed by atoms with Crippen LogP contribution < -0.4 is 10.3 Å². The minimum atomic E-state index is -0.265. The molecule has 0 N–H and O–H groups in total. The first-order valence-electron chi connectivity index (χ1n) is 11.3. The van der Waals surface area contributed by atoms with Gasteiger partial charge in [-0.3, -0.25) is 4.79 Å². The van der Waals surface area contributed by atoms with Gasteiger partial charge in [0, 0.05) is 16.1 Å². The summed E-state index contributed by atoms with van der Waals surface area (Å²) >= 11 is 9.90. The molecule has 0 amide bonds. The van der Waals surface area contributed by atoms with Crippen LogP contribution in [0.5, 0.6) is 5.75 Å². The van der Waals surface area contributed by atoms with Crippen molar-refractivity contribution in [3.8, 4) is 17.1 Å². The lowest BCUT2D eigenvalue weighted by Crippen LogP contribution is -2.20. The van der Waals surface area contributed by atoms with Crippen LogP contribution in [-0.4, -0.2) is 15.9 Å². The molecule has 1 aromatic heterocycles. The third kappa shape index (κ3) is 5.10. The molecule has 0 saturated carbocycles. The number of hydrogen-bond acceptors (Lipinski definition) is 4. The number of para-hydroxylation sites is 1. The Morgan fingerprint density at radius 1 is 1.00 bits per heavy atom. The molecule has 7 heteroatoms. The molecule has 5 nitrogen and oxygen atoms in total. The van der Waals surface area contributed by atoms with Gasteiger partial charge >= 0.3 is 0 Å². The average Bonchev–Trinajstić information content (AvgIpc) is 2.89. The van der Waals surface area contributed by atoms with Crippen molar-refractivity contribution >= 4 is 44.6 Å². The standard InChI is InChI=1S/C29H21BrClN3O2/c1-19-11-13-20(14-12-19)18-36-27-22(15-23(31)16-25(27)30)17-32-34-28(21-7-3-2-4-8-21)33-26-10-6-5-9-24(26)29(34)35/h2-17H,18H2,1H3. The lowest BCUT2D eigenvalue weighted by molar-refractivity contribution is 0.304. The summed E-state index contributed by atoms with van der Waals surface area (Å²) in [7, 11) is 0. The van der Waals surface area contributed by atoms with Gasteiger partial charge in [-0.25, -0.2) is 4.98 Å². The number of aryl methyl sites for hydroxylation is 1. The fraction of sp³-hybridized carbons (Fsp3) is 0.0690. The lowest BCUT2D eigenvalue weighted by atomic mass is 10.1. The zero-order valence-corrected chi connectivity index (χ0v) is 21.7. The molecule has 0 atom stereocenters. The molecule has 0 unspecified atom stereocenters. The Labute approximate surface area is 221 Å². The summed E-state index contributed by atoms with van der Waals surface area (Å²) in [6.07, 6.45) is 1.57. The molecule has 4 aromatic carbocycles. The number of halogens is 2. The maximum atomic E-state index is 13.4. The summed E-state index contributed by atoms with van der Waals surface area (Å²) in [6, 6.07) is 28.4. The van der Waals surface area contributed by atoms with Crippen LogP contribution in [0.4, 0.5) is 0 Å². The summed E-state index contributed by atoms with van der Waals surface area (Å²) < 4.78 is 8.16. The van der Waals surface area contributed by atoms with Crippen molar-refractivity contribution in [2.45, 2.75) is 13.5 Å². The molecule has 0 aliphatic heterocycles. The van der Waals surface area contributed by atoms with Gasteiger partial charge < -0.3 is 4.74 Å². The predicted molar refractivity (Wildman–Crippen MR) is 149 cm³/mol. The van der Waals surface area contributed by atoms with E-state index in [1.807, 2.05) is 79.7 Å². The smallest absolute Gasteiger partial charge is 0.282 e. The second-order valence-electron chi connectivity index (χ2n) is 8.26. The highest BCUT2D eigenvalue weighted by Crippen LogP contribution is 2.32. The zero-order valence-electron chi connectivity index (χ0n) is 19.4. The van der Waals surface area contributed by atoms with Crippen LogP contribution in [0.1, 0.15) is 16.7 Å². The van der Waals surface area contributed by atoms with Gasteiger partial charge in [-0.05, 0) is 52.7 Å². The first-order valence-corrected chi connectivity index (χ1v) is 12.5. The minimum absolute atomic E-state index is 0.265. The van der Waals surface area contributed by atoms with Gasteiger partial charge in [0.25, 0.3) is 5.56 Å². The number of aromatic nitrogens is 2. The van der Waals surface area contributed by atoms with E-state index in [2.05, 4.69) is 21.0 Å². The van der Waals surface area contributed by atoms with E-state index in [9.17, 15) is 4.79 Å². The van der Waals surface area contributed by atoms with Crippen molar-refractivity contribution in [1.82, 2.24) is 9.66 Å². The Morgan fingerprint density at radius 3 is 2.50 bits per heavy atom. The molecule has 0 spiro atoms. The lowest BCUT2D eigenvalue weighted by Gasteiger charge is -2.13. The third-order valence-corrected chi connectivity index (χ3v) is 6.45. The fourth-order valence-electron chi connectivity index (χ4n) is 3.79. The number of rotatable bonds is 6. The number of fused-ring (bicyclic) bond motifs is 1. The second-order valence-corrected chi connectivity index (χ2v) is 9.55. The largest absolute Gasteiger partial charge is 0.487 e. The molecule has 0 fully saturated rings. The van der Waals surface area contributed by atoms with Crippen LogP contribution >= 0.6 is 27.5 Å². The van der Waals surface area contributed by atoms with E-state index in [1.54, 1.807) is 24.4 Å². The maximum absolute atomic E-state index is 13.4. The Morgan fingerprint density at radius 2 is 1.72 bits per heavy atom. The van der Waals surface area contributed by atoms with E-state index in [-0.39, 0.29) is 5.56 Å². The minimum Gasteiger partial charge on any atom is -0.487 e. The first-order chi connectivity index (χ1) is 17.5. The number of hydrogen-bond donors (Lipinski definition) is 0. The van der Waals surface area contributed by atoms with Crippen molar-refractivity contribution < 1.29 is 4.74 Å². The summed E-state index contributed by atoms with van der Waals surface area (Å²) in [4.78, 5) is 18.2. The summed E-state index contributed by atoms with van der Waals surface area (Å²) in [5.41, 5.74) is 3.97. The summed E-state index contributed by atoms with van der Waals surface area (Å²) in [5.74, 6) is 1.02. The molecule has 1 heterocycles. The zero-order chi connectivity index (χ0) is 25.1. The molecular weight excluding hydrogens is 538 g/mol. The van der Waals surface area contributed by atoms with E-state index < -0.39 is 0 Å².